The van der Waals surface area contributed by atoms with Gasteiger partial charge >= 0.3 is 0 Å². The minimum absolute atomic E-state index is 0.0409. The van der Waals surface area contributed by atoms with Gasteiger partial charge in [0.1, 0.15) is 6.54 Å². The average Bonchev–Trinajstić information content (AvgIpc) is 2.90. The molecule has 1 aromatic carbocycles. The van der Waals surface area contributed by atoms with Crippen LogP contribution in [-0.4, -0.2) is 38.0 Å². The van der Waals surface area contributed by atoms with Crippen LogP contribution < -0.4 is 15.1 Å². The van der Waals surface area contributed by atoms with E-state index < -0.39 is 0 Å². The van der Waals surface area contributed by atoms with E-state index in [1.165, 1.54) is 17.7 Å². The number of quaternary nitrogens is 1. The van der Waals surface area contributed by atoms with E-state index in [9.17, 15) is 9.59 Å². The maximum atomic E-state index is 12.4. The predicted octanol–water partition coefficient (Wildman–Crippen LogP) is -0.350. The highest BCUT2D eigenvalue weighted by molar-refractivity contribution is 6.10. The van der Waals surface area contributed by atoms with Crippen molar-refractivity contribution in [2.75, 3.05) is 36.4 Å². The number of hydrogen-bond donors (Lipinski definition) is 2. The van der Waals surface area contributed by atoms with Crippen LogP contribution in [0.25, 0.3) is 0 Å². The molecule has 0 saturated carbocycles. The lowest BCUT2D eigenvalue weighted by atomic mass is 10.2. The number of nitrogens with zero attached hydrogens (tertiary/aromatic N) is 1. The fourth-order valence-corrected chi connectivity index (χ4v) is 2.82. The first-order valence-electron chi connectivity index (χ1n) is 6.77. The molecule has 0 bridgehead atoms. The van der Waals surface area contributed by atoms with Crippen molar-refractivity contribution in [2.45, 2.75) is 12.8 Å². The molecule has 0 unspecified atom stereocenters. The summed E-state index contributed by atoms with van der Waals surface area (Å²) in [5.41, 5.74) is 1.54. The van der Waals surface area contributed by atoms with Crippen LogP contribution in [0.2, 0.25) is 0 Å². The molecule has 0 aliphatic carbocycles. The smallest absolute Gasteiger partial charge is 0.282 e. The lowest BCUT2D eigenvalue weighted by molar-refractivity contribution is -0.878. The summed E-state index contributed by atoms with van der Waals surface area (Å²) in [7, 11) is 0. The molecule has 100 valence electrons. The van der Waals surface area contributed by atoms with E-state index in [0.717, 1.165) is 24.5 Å². The van der Waals surface area contributed by atoms with Gasteiger partial charge in [0.25, 0.3) is 5.91 Å². The van der Waals surface area contributed by atoms with E-state index in [-0.39, 0.29) is 18.4 Å². The Balaban J connectivity index is 1.79. The van der Waals surface area contributed by atoms with Crippen LogP contribution in [-0.2, 0) is 9.59 Å². The van der Waals surface area contributed by atoms with Gasteiger partial charge in [-0.15, -0.1) is 0 Å². The monoisotopic (exact) mass is 260 g/mol. The molecule has 3 rings (SSSR count). The van der Waals surface area contributed by atoms with Gasteiger partial charge < -0.3 is 10.2 Å². The molecule has 5 heteroatoms. The summed E-state index contributed by atoms with van der Waals surface area (Å²) in [6.07, 6.45) is 2.39. The highest BCUT2D eigenvalue weighted by Gasteiger charge is 2.29. The lowest BCUT2D eigenvalue weighted by Gasteiger charge is -2.29. The summed E-state index contributed by atoms with van der Waals surface area (Å²) in [6.45, 7) is 2.74. The molecule has 0 spiro atoms. The second-order valence-electron chi connectivity index (χ2n) is 5.18. The fourth-order valence-electron chi connectivity index (χ4n) is 2.82. The normalized spacial score (nSPS) is 19.2. The number of likely N-dealkylation sites (tertiary alicyclic amines) is 1. The van der Waals surface area contributed by atoms with Gasteiger partial charge in [0.15, 0.2) is 6.54 Å². The summed E-state index contributed by atoms with van der Waals surface area (Å²) in [6, 6.07) is 7.46. The van der Waals surface area contributed by atoms with E-state index in [0.29, 0.717) is 6.54 Å². The molecule has 1 saturated heterocycles. The first kappa shape index (κ1) is 12.2. The number of anilines is 2. The number of benzene rings is 1. The van der Waals surface area contributed by atoms with Gasteiger partial charge in [0.05, 0.1) is 24.5 Å². The predicted molar refractivity (Wildman–Crippen MR) is 72.2 cm³/mol. The first-order valence-corrected chi connectivity index (χ1v) is 6.77. The zero-order valence-corrected chi connectivity index (χ0v) is 10.8. The van der Waals surface area contributed by atoms with Gasteiger partial charge in [-0.1, -0.05) is 12.1 Å². The minimum Gasteiger partial charge on any atom is -0.327 e. The Bertz CT molecular complexity index is 509. The van der Waals surface area contributed by atoms with Crippen LogP contribution in [0.5, 0.6) is 0 Å². The van der Waals surface area contributed by atoms with E-state index in [2.05, 4.69) is 5.32 Å². The number of hydrogen-bond acceptors (Lipinski definition) is 2. The molecule has 2 heterocycles. The Hall–Kier alpha value is -1.88. The summed E-state index contributed by atoms with van der Waals surface area (Å²) in [5, 5.41) is 2.80. The van der Waals surface area contributed by atoms with Gasteiger partial charge in [-0.05, 0) is 12.1 Å². The van der Waals surface area contributed by atoms with E-state index in [1.807, 2.05) is 24.3 Å². The van der Waals surface area contributed by atoms with E-state index in [4.69, 9.17) is 0 Å². The molecule has 2 aliphatic rings. The molecule has 2 aliphatic heterocycles. The SMILES string of the molecule is O=C1CN(C(=O)C[NH+]2CCCC2)c2ccccc2N1. The molecule has 1 aromatic rings. The largest absolute Gasteiger partial charge is 0.327 e. The molecule has 2 N–H and O–H groups in total. The summed E-state index contributed by atoms with van der Waals surface area (Å²) < 4.78 is 0. The third-order valence-corrected chi connectivity index (χ3v) is 3.78. The molecule has 1 fully saturated rings. The average molecular weight is 260 g/mol. The highest BCUT2D eigenvalue weighted by atomic mass is 16.2. The lowest BCUT2D eigenvalue weighted by Crippen LogP contribution is -3.11. The standard InChI is InChI=1S/C14H17N3O2/c18-13-9-17(12-6-2-1-5-11(12)15-13)14(19)10-16-7-3-4-8-16/h1-2,5-6H,3-4,7-10H2,(H,15,18)/p+1. The second-order valence-corrected chi connectivity index (χ2v) is 5.18. The zero-order valence-electron chi connectivity index (χ0n) is 10.8. The van der Waals surface area contributed by atoms with Gasteiger partial charge in [0, 0.05) is 12.8 Å². The Morgan fingerprint density at radius 1 is 1.26 bits per heavy atom. The summed E-state index contributed by atoms with van der Waals surface area (Å²) >= 11 is 0. The topological polar surface area (TPSA) is 53.9 Å². The van der Waals surface area contributed by atoms with E-state index >= 15 is 0 Å². The highest BCUT2D eigenvalue weighted by Crippen LogP contribution is 2.28. The maximum absolute atomic E-state index is 12.4. The first-order chi connectivity index (χ1) is 9.24. The number of nitrogens with one attached hydrogen (secondary N) is 2. The van der Waals surface area contributed by atoms with Crippen molar-refractivity contribution in [3.8, 4) is 0 Å². The van der Waals surface area contributed by atoms with Crippen LogP contribution >= 0.6 is 0 Å². The van der Waals surface area contributed by atoms with Gasteiger partial charge in [-0.25, -0.2) is 0 Å². The van der Waals surface area contributed by atoms with Crippen LogP contribution in [0.3, 0.4) is 0 Å². The number of amides is 2. The van der Waals surface area contributed by atoms with Crippen LogP contribution in [0, 0.1) is 0 Å². The zero-order chi connectivity index (χ0) is 13.2. The number of para-hydroxylation sites is 2. The van der Waals surface area contributed by atoms with Crippen LogP contribution in [0.4, 0.5) is 11.4 Å². The van der Waals surface area contributed by atoms with Crippen molar-refractivity contribution in [2.24, 2.45) is 0 Å². The van der Waals surface area contributed by atoms with Crippen LogP contribution in [0.1, 0.15) is 12.8 Å². The van der Waals surface area contributed by atoms with Gasteiger partial charge in [-0.2, -0.15) is 0 Å². The molecule has 0 atom stereocenters. The molecule has 19 heavy (non-hydrogen) atoms. The van der Waals surface area contributed by atoms with Gasteiger partial charge in [-0.3, -0.25) is 14.5 Å². The van der Waals surface area contributed by atoms with Crippen LogP contribution in [0.15, 0.2) is 24.3 Å². The molecular formula is C14H18N3O2+. The molecule has 5 nitrogen and oxygen atoms in total. The number of carbonyl (C=O) groups excluding carboxylic acids is 2. The third-order valence-electron chi connectivity index (χ3n) is 3.78. The fraction of sp³-hybridized carbons (Fsp3) is 0.429. The minimum atomic E-state index is -0.122. The van der Waals surface area contributed by atoms with Crippen molar-refractivity contribution in [3.63, 3.8) is 0 Å². The molecule has 0 radical (unpaired) electrons. The Morgan fingerprint density at radius 2 is 2.00 bits per heavy atom. The number of rotatable bonds is 2. The summed E-state index contributed by atoms with van der Waals surface area (Å²) in [4.78, 5) is 27.0. The van der Waals surface area contributed by atoms with E-state index in [1.54, 1.807) is 4.90 Å². The van der Waals surface area contributed by atoms with Crippen molar-refractivity contribution >= 4 is 23.2 Å². The number of fused-ring (bicyclic) bond motifs is 1. The molecule has 2 amide bonds. The maximum Gasteiger partial charge on any atom is 0.282 e. The Morgan fingerprint density at radius 3 is 2.79 bits per heavy atom. The molecular weight excluding hydrogens is 242 g/mol. The summed E-state index contributed by atoms with van der Waals surface area (Å²) in [5.74, 6) is -0.0809. The van der Waals surface area contributed by atoms with Crippen molar-refractivity contribution in [1.82, 2.24) is 0 Å². The quantitative estimate of drug-likeness (QED) is 0.764. The third kappa shape index (κ3) is 2.46. The Labute approximate surface area is 112 Å². The van der Waals surface area contributed by atoms with Gasteiger partial charge in [0.2, 0.25) is 5.91 Å². The Kier molecular flexibility index (Phi) is 3.21. The second kappa shape index (κ2) is 5.01. The van der Waals surface area contributed by atoms with Crippen molar-refractivity contribution < 1.29 is 14.5 Å². The van der Waals surface area contributed by atoms with Crippen molar-refractivity contribution in [3.05, 3.63) is 24.3 Å². The van der Waals surface area contributed by atoms with Crippen molar-refractivity contribution in [1.29, 1.82) is 0 Å². The number of carbonyl (C=O) groups is 2. The molecule has 0 aromatic heterocycles.